The highest BCUT2D eigenvalue weighted by Crippen LogP contribution is 2.32. The third kappa shape index (κ3) is 3.72. The van der Waals surface area contributed by atoms with Crippen molar-refractivity contribution in [1.29, 1.82) is 0 Å². The molecule has 10 nitrogen and oxygen atoms in total. The zero-order valence-corrected chi connectivity index (χ0v) is 11.3. The van der Waals surface area contributed by atoms with E-state index in [1.165, 1.54) is 6.92 Å². The number of ether oxygens (including phenoxy) is 2. The summed E-state index contributed by atoms with van der Waals surface area (Å²) in [7, 11) is 0. The van der Waals surface area contributed by atoms with Crippen LogP contribution in [0.3, 0.4) is 0 Å². The van der Waals surface area contributed by atoms with E-state index in [1.807, 2.05) is 6.92 Å². The predicted octanol–water partition coefficient (Wildman–Crippen LogP) is 1.58. The number of rotatable bonds is 5. The Hall–Kier alpha value is -2.06. The molecule has 0 N–H and O–H groups in total. The molecule has 0 aromatic heterocycles. The standard InChI is InChI=1S/C10H16N4O6/c1-4-7-5(2)9(18-6(3)15)8(12-13-11)10(19-7)20-14(16)17/h5,7-10H,4H2,1-3H3/t5-,7+,8+,9-,10?/m0/s1. The first-order valence-corrected chi connectivity index (χ1v) is 6.08. The van der Waals surface area contributed by atoms with Crippen molar-refractivity contribution in [3.05, 3.63) is 20.6 Å². The van der Waals surface area contributed by atoms with Crippen molar-refractivity contribution in [3.8, 4) is 0 Å². The van der Waals surface area contributed by atoms with Crippen LogP contribution in [0.1, 0.15) is 27.2 Å². The van der Waals surface area contributed by atoms with E-state index < -0.39 is 35.6 Å². The number of hydrogen-bond donors (Lipinski definition) is 0. The van der Waals surface area contributed by atoms with E-state index in [9.17, 15) is 14.9 Å². The average Bonchev–Trinajstić information content (AvgIpc) is 2.36. The highest BCUT2D eigenvalue weighted by atomic mass is 17.0. The third-order valence-electron chi connectivity index (χ3n) is 3.11. The van der Waals surface area contributed by atoms with Gasteiger partial charge in [0.2, 0.25) is 6.29 Å². The van der Waals surface area contributed by atoms with E-state index in [0.29, 0.717) is 6.42 Å². The van der Waals surface area contributed by atoms with Crippen molar-refractivity contribution in [2.24, 2.45) is 11.0 Å². The molecule has 10 heteroatoms. The van der Waals surface area contributed by atoms with Gasteiger partial charge in [-0.3, -0.25) is 9.63 Å². The van der Waals surface area contributed by atoms with Crippen LogP contribution in [-0.2, 0) is 19.1 Å². The minimum Gasteiger partial charge on any atom is -0.462 e. The fourth-order valence-electron chi connectivity index (χ4n) is 2.24. The molecular formula is C10H16N4O6. The molecule has 112 valence electrons. The van der Waals surface area contributed by atoms with E-state index in [0.717, 1.165) is 0 Å². The molecule has 1 aliphatic rings. The second kappa shape index (κ2) is 6.92. The van der Waals surface area contributed by atoms with Crippen LogP contribution < -0.4 is 0 Å². The van der Waals surface area contributed by atoms with Gasteiger partial charge in [0.05, 0.1) is 6.10 Å². The van der Waals surface area contributed by atoms with E-state index in [2.05, 4.69) is 14.9 Å². The maximum Gasteiger partial charge on any atom is 0.302 e. The molecule has 1 fully saturated rings. The quantitative estimate of drug-likeness (QED) is 0.188. The van der Waals surface area contributed by atoms with Gasteiger partial charge in [-0.25, -0.2) is 0 Å². The summed E-state index contributed by atoms with van der Waals surface area (Å²) in [6, 6.07) is -1.12. The van der Waals surface area contributed by atoms with E-state index in [1.54, 1.807) is 6.92 Å². The molecular weight excluding hydrogens is 272 g/mol. The van der Waals surface area contributed by atoms with Gasteiger partial charge in [-0.15, -0.1) is 10.1 Å². The Morgan fingerprint density at radius 3 is 2.70 bits per heavy atom. The molecule has 1 rings (SSSR count). The fourth-order valence-corrected chi connectivity index (χ4v) is 2.24. The average molecular weight is 288 g/mol. The Labute approximate surface area is 114 Å². The van der Waals surface area contributed by atoms with Crippen LogP contribution >= 0.6 is 0 Å². The lowest BCUT2D eigenvalue weighted by Crippen LogP contribution is -2.55. The fraction of sp³-hybridized carbons (Fsp3) is 0.900. The van der Waals surface area contributed by atoms with Crippen LogP contribution in [-0.4, -0.2) is 35.6 Å². The van der Waals surface area contributed by atoms with Gasteiger partial charge in [-0.2, -0.15) is 0 Å². The van der Waals surface area contributed by atoms with Crippen molar-refractivity contribution in [2.75, 3.05) is 0 Å². The minimum atomic E-state index is -1.40. The minimum absolute atomic E-state index is 0.286. The summed E-state index contributed by atoms with van der Waals surface area (Å²) >= 11 is 0. The normalized spacial score (nSPS) is 32.9. The van der Waals surface area contributed by atoms with Crippen LogP contribution in [0.4, 0.5) is 0 Å². The first-order valence-electron chi connectivity index (χ1n) is 6.08. The van der Waals surface area contributed by atoms with Crippen LogP contribution in [0.5, 0.6) is 0 Å². The number of esters is 1. The van der Waals surface area contributed by atoms with Gasteiger partial charge in [0.15, 0.2) is 0 Å². The van der Waals surface area contributed by atoms with Crippen molar-refractivity contribution in [2.45, 2.75) is 51.7 Å². The summed E-state index contributed by atoms with van der Waals surface area (Å²) in [4.78, 5) is 28.6. The lowest BCUT2D eigenvalue weighted by Gasteiger charge is -2.42. The summed E-state index contributed by atoms with van der Waals surface area (Å²) in [5, 5.41) is 12.9. The maximum atomic E-state index is 11.2. The number of hydrogen-bond acceptors (Lipinski definition) is 7. The summed E-state index contributed by atoms with van der Waals surface area (Å²) in [6.45, 7) is 4.78. The largest absolute Gasteiger partial charge is 0.462 e. The SMILES string of the molecule is CC[C@H]1OC(O[N+](=O)[O-])[C@H](N=[N+]=[N-])[C@@H](OC(C)=O)[C@H]1C. The van der Waals surface area contributed by atoms with Crippen molar-refractivity contribution < 1.29 is 24.2 Å². The molecule has 0 spiro atoms. The van der Waals surface area contributed by atoms with Gasteiger partial charge in [-0.05, 0) is 12.0 Å². The van der Waals surface area contributed by atoms with Crippen LogP contribution in [0.15, 0.2) is 5.11 Å². The predicted molar refractivity (Wildman–Crippen MR) is 64.7 cm³/mol. The summed E-state index contributed by atoms with van der Waals surface area (Å²) in [5.41, 5.74) is 8.57. The van der Waals surface area contributed by atoms with Crippen LogP contribution in [0.2, 0.25) is 0 Å². The summed E-state index contributed by atoms with van der Waals surface area (Å²) in [6.07, 6.45) is -2.10. The Kier molecular flexibility index (Phi) is 5.53. The first kappa shape index (κ1) is 16.0. The Morgan fingerprint density at radius 2 is 2.25 bits per heavy atom. The van der Waals surface area contributed by atoms with E-state index in [-0.39, 0.29) is 5.92 Å². The van der Waals surface area contributed by atoms with Gasteiger partial charge in [0, 0.05) is 17.8 Å². The lowest BCUT2D eigenvalue weighted by atomic mass is 9.88. The molecule has 0 aromatic carbocycles. The summed E-state index contributed by atoms with van der Waals surface area (Å²) < 4.78 is 10.5. The molecule has 1 unspecified atom stereocenters. The Balaban J connectivity index is 3.06. The van der Waals surface area contributed by atoms with Gasteiger partial charge in [0.25, 0.3) is 5.09 Å². The monoisotopic (exact) mass is 288 g/mol. The zero-order chi connectivity index (χ0) is 15.3. The highest BCUT2D eigenvalue weighted by Gasteiger charge is 2.46. The zero-order valence-electron chi connectivity index (χ0n) is 11.3. The number of carbonyl (C=O) groups excluding carboxylic acids is 1. The van der Waals surface area contributed by atoms with Crippen LogP contribution in [0.25, 0.3) is 10.4 Å². The highest BCUT2D eigenvalue weighted by molar-refractivity contribution is 5.66. The second-order valence-corrected chi connectivity index (χ2v) is 4.41. The summed E-state index contributed by atoms with van der Waals surface area (Å²) in [5.74, 6) is -0.859. The molecule has 0 aliphatic carbocycles. The molecule has 0 radical (unpaired) electrons. The second-order valence-electron chi connectivity index (χ2n) is 4.41. The van der Waals surface area contributed by atoms with Crippen molar-refractivity contribution >= 4 is 5.97 Å². The van der Waals surface area contributed by atoms with Gasteiger partial charge >= 0.3 is 5.97 Å². The number of nitrogens with zero attached hydrogens (tertiary/aromatic N) is 4. The molecule has 0 aromatic rings. The van der Waals surface area contributed by atoms with Gasteiger partial charge in [-0.1, -0.05) is 19.0 Å². The third-order valence-corrected chi connectivity index (χ3v) is 3.11. The number of azide groups is 1. The number of carbonyl (C=O) groups is 1. The van der Waals surface area contributed by atoms with Crippen molar-refractivity contribution in [1.82, 2.24) is 0 Å². The molecule has 5 atom stereocenters. The molecule has 0 bridgehead atoms. The molecule has 0 saturated carbocycles. The van der Waals surface area contributed by atoms with Crippen molar-refractivity contribution in [3.63, 3.8) is 0 Å². The van der Waals surface area contributed by atoms with Crippen LogP contribution in [0, 0.1) is 16.0 Å². The van der Waals surface area contributed by atoms with E-state index in [4.69, 9.17) is 15.0 Å². The van der Waals surface area contributed by atoms with E-state index >= 15 is 0 Å². The Morgan fingerprint density at radius 1 is 1.60 bits per heavy atom. The van der Waals surface area contributed by atoms with Gasteiger partial charge in [0.1, 0.15) is 12.1 Å². The molecule has 1 aliphatic heterocycles. The Bertz CT molecular complexity index is 424. The smallest absolute Gasteiger partial charge is 0.302 e. The maximum absolute atomic E-state index is 11.2. The first-order chi connectivity index (χ1) is 9.40. The molecule has 20 heavy (non-hydrogen) atoms. The molecule has 1 heterocycles. The lowest BCUT2D eigenvalue weighted by molar-refractivity contribution is -0.783. The molecule has 0 amide bonds. The van der Waals surface area contributed by atoms with Gasteiger partial charge < -0.3 is 9.47 Å². The molecule has 1 saturated heterocycles. The topological polar surface area (TPSA) is 137 Å².